The average Bonchev–Trinajstić information content (AvgIpc) is 2.59. The summed E-state index contributed by atoms with van der Waals surface area (Å²) in [6.07, 6.45) is 0. The molecule has 0 aliphatic carbocycles. The third-order valence-electron chi connectivity index (χ3n) is 2.28. The molecule has 1 amide bonds. The number of nitrogens with zero attached hydrogens (tertiary/aromatic N) is 1. The van der Waals surface area contributed by atoms with Crippen LogP contribution in [-0.4, -0.2) is 18.5 Å². The van der Waals surface area contributed by atoms with E-state index in [2.05, 4.69) is 10.3 Å². The number of amides is 1. The highest BCUT2D eigenvalue weighted by Gasteiger charge is 2.28. The van der Waals surface area contributed by atoms with Gasteiger partial charge in [-0.15, -0.1) is 0 Å². The highest BCUT2D eigenvalue weighted by Crippen LogP contribution is 2.29. The molecule has 0 aromatic heterocycles. The Bertz CT molecular complexity index is 443. The summed E-state index contributed by atoms with van der Waals surface area (Å²) in [5, 5.41) is 2.47. The molecule has 0 saturated carbocycles. The first-order valence-electron chi connectivity index (χ1n) is 5.08. The van der Waals surface area contributed by atoms with Crippen molar-refractivity contribution in [2.75, 3.05) is 6.61 Å². The van der Waals surface area contributed by atoms with Crippen molar-refractivity contribution in [2.45, 2.75) is 13.0 Å². The van der Waals surface area contributed by atoms with Crippen molar-refractivity contribution in [3.63, 3.8) is 0 Å². The van der Waals surface area contributed by atoms with Crippen molar-refractivity contribution in [1.82, 2.24) is 5.32 Å². The lowest BCUT2D eigenvalue weighted by atomic mass is 10.1. The molecule has 1 heterocycles. The van der Waals surface area contributed by atoms with Gasteiger partial charge in [-0.05, 0) is 13.0 Å². The number of benzene rings is 1. The van der Waals surface area contributed by atoms with Gasteiger partial charge in [0.1, 0.15) is 5.75 Å². The summed E-state index contributed by atoms with van der Waals surface area (Å²) in [5.41, 5.74) is 6.19. The molecular formula is C11H13N3O2. The van der Waals surface area contributed by atoms with Crippen molar-refractivity contribution < 1.29 is 9.53 Å². The molecule has 84 valence electrons. The first-order valence-corrected chi connectivity index (χ1v) is 5.08. The molecule has 5 heteroatoms. The van der Waals surface area contributed by atoms with Gasteiger partial charge in [0.2, 0.25) is 0 Å². The van der Waals surface area contributed by atoms with Crippen LogP contribution in [0.5, 0.6) is 5.75 Å². The number of hydrogen-bond donors (Lipinski definition) is 2. The minimum absolute atomic E-state index is 0.154. The van der Waals surface area contributed by atoms with E-state index < -0.39 is 6.04 Å². The van der Waals surface area contributed by atoms with Crippen LogP contribution in [0.15, 0.2) is 29.3 Å². The number of carbonyl (C=O) groups excluding carboxylic acids is 1. The fourth-order valence-corrected chi connectivity index (χ4v) is 1.63. The van der Waals surface area contributed by atoms with E-state index in [9.17, 15) is 4.79 Å². The predicted octanol–water partition coefficient (Wildman–Crippen LogP) is 0.571. The molecule has 1 atom stereocenters. The second kappa shape index (κ2) is 4.22. The molecule has 5 nitrogen and oxygen atoms in total. The zero-order valence-electron chi connectivity index (χ0n) is 8.93. The monoisotopic (exact) mass is 219 g/mol. The maximum Gasteiger partial charge on any atom is 0.256 e. The molecule has 0 fully saturated rings. The van der Waals surface area contributed by atoms with Crippen molar-refractivity contribution in [1.29, 1.82) is 0 Å². The van der Waals surface area contributed by atoms with Gasteiger partial charge >= 0.3 is 0 Å². The molecule has 0 radical (unpaired) electrons. The summed E-state index contributed by atoms with van der Waals surface area (Å²) in [6, 6.07) is 6.74. The van der Waals surface area contributed by atoms with Crippen LogP contribution in [0.4, 0.5) is 0 Å². The number of carbonyl (C=O) groups is 1. The third kappa shape index (κ3) is 1.84. The molecule has 1 aromatic rings. The molecule has 0 spiro atoms. The quantitative estimate of drug-likeness (QED) is 0.780. The standard InChI is InChI=1S/C11H13N3O2/c1-2-16-8-6-4-3-5-7(8)9-10(15)14-11(12)13-9/h3-6,9H,2H2,1H3,(H3,12,13,14,15). The smallest absolute Gasteiger partial charge is 0.256 e. The topological polar surface area (TPSA) is 76.7 Å². The number of guanidine groups is 1. The van der Waals surface area contributed by atoms with E-state index in [1.54, 1.807) is 0 Å². The molecular weight excluding hydrogens is 206 g/mol. The van der Waals surface area contributed by atoms with Crippen LogP contribution >= 0.6 is 0 Å². The van der Waals surface area contributed by atoms with Crippen LogP contribution in [0.25, 0.3) is 0 Å². The van der Waals surface area contributed by atoms with Gasteiger partial charge in [0.15, 0.2) is 12.0 Å². The van der Waals surface area contributed by atoms with E-state index in [4.69, 9.17) is 10.5 Å². The van der Waals surface area contributed by atoms with Gasteiger partial charge in [-0.2, -0.15) is 0 Å². The van der Waals surface area contributed by atoms with Crippen molar-refractivity contribution >= 4 is 11.9 Å². The van der Waals surface area contributed by atoms with Gasteiger partial charge in [0, 0.05) is 5.56 Å². The molecule has 1 unspecified atom stereocenters. The fraction of sp³-hybridized carbons (Fsp3) is 0.273. The molecule has 1 aromatic carbocycles. The number of nitrogens with one attached hydrogen (secondary N) is 1. The van der Waals surface area contributed by atoms with Crippen LogP contribution in [0.1, 0.15) is 18.5 Å². The number of hydrogen-bond acceptors (Lipinski definition) is 4. The van der Waals surface area contributed by atoms with Gasteiger partial charge in [-0.3, -0.25) is 10.1 Å². The van der Waals surface area contributed by atoms with Gasteiger partial charge in [0.05, 0.1) is 6.61 Å². The largest absolute Gasteiger partial charge is 0.493 e. The summed E-state index contributed by atoms with van der Waals surface area (Å²) in [7, 11) is 0. The van der Waals surface area contributed by atoms with Crippen LogP contribution in [0.2, 0.25) is 0 Å². The van der Waals surface area contributed by atoms with Gasteiger partial charge in [-0.1, -0.05) is 18.2 Å². The first kappa shape index (κ1) is 10.5. The summed E-state index contributed by atoms with van der Waals surface area (Å²) < 4.78 is 5.44. The Labute approximate surface area is 93.3 Å². The van der Waals surface area contributed by atoms with E-state index in [-0.39, 0.29) is 11.9 Å². The van der Waals surface area contributed by atoms with Crippen molar-refractivity contribution in [2.24, 2.45) is 10.7 Å². The Morgan fingerprint density at radius 2 is 2.25 bits per heavy atom. The van der Waals surface area contributed by atoms with E-state index in [1.807, 2.05) is 31.2 Å². The summed E-state index contributed by atoms with van der Waals surface area (Å²) >= 11 is 0. The third-order valence-corrected chi connectivity index (χ3v) is 2.28. The van der Waals surface area contributed by atoms with Gasteiger partial charge in [-0.25, -0.2) is 4.99 Å². The second-order valence-corrected chi connectivity index (χ2v) is 3.38. The van der Waals surface area contributed by atoms with Crippen LogP contribution < -0.4 is 15.8 Å². The lowest BCUT2D eigenvalue weighted by Gasteiger charge is -2.11. The Balaban J connectivity index is 2.36. The zero-order chi connectivity index (χ0) is 11.5. The van der Waals surface area contributed by atoms with E-state index in [1.165, 1.54) is 0 Å². The van der Waals surface area contributed by atoms with Gasteiger partial charge < -0.3 is 10.5 Å². The first-order chi connectivity index (χ1) is 7.72. The molecule has 16 heavy (non-hydrogen) atoms. The zero-order valence-corrected chi connectivity index (χ0v) is 8.93. The second-order valence-electron chi connectivity index (χ2n) is 3.38. The SMILES string of the molecule is CCOc1ccccc1C1N=C(N)NC1=O. The van der Waals surface area contributed by atoms with Crippen molar-refractivity contribution in [3.05, 3.63) is 29.8 Å². The highest BCUT2D eigenvalue weighted by atomic mass is 16.5. The normalized spacial score (nSPS) is 19.2. The minimum atomic E-state index is -0.595. The number of rotatable bonds is 3. The maximum absolute atomic E-state index is 11.6. The Hall–Kier alpha value is -2.04. The number of aliphatic imine (C=N–C) groups is 1. The minimum Gasteiger partial charge on any atom is -0.493 e. The molecule has 1 aliphatic rings. The maximum atomic E-state index is 11.6. The van der Waals surface area contributed by atoms with E-state index in [0.717, 1.165) is 5.56 Å². The van der Waals surface area contributed by atoms with Crippen molar-refractivity contribution in [3.8, 4) is 5.75 Å². The average molecular weight is 219 g/mol. The lowest BCUT2D eigenvalue weighted by Crippen LogP contribution is -2.31. The molecule has 0 bridgehead atoms. The lowest BCUT2D eigenvalue weighted by molar-refractivity contribution is -0.120. The Morgan fingerprint density at radius 1 is 1.50 bits per heavy atom. The molecule has 0 saturated heterocycles. The van der Waals surface area contributed by atoms with E-state index in [0.29, 0.717) is 12.4 Å². The number of ether oxygens (including phenoxy) is 1. The highest BCUT2D eigenvalue weighted by molar-refractivity contribution is 6.04. The summed E-state index contributed by atoms with van der Waals surface area (Å²) in [4.78, 5) is 15.6. The fourth-order valence-electron chi connectivity index (χ4n) is 1.63. The molecule has 2 rings (SSSR count). The molecule has 1 aliphatic heterocycles. The number of para-hydroxylation sites is 1. The Morgan fingerprint density at radius 3 is 2.88 bits per heavy atom. The van der Waals surface area contributed by atoms with Crippen LogP contribution in [0.3, 0.4) is 0 Å². The predicted molar refractivity (Wildman–Crippen MR) is 60.1 cm³/mol. The summed E-state index contributed by atoms with van der Waals surface area (Å²) in [6.45, 7) is 2.44. The Kier molecular flexibility index (Phi) is 2.76. The van der Waals surface area contributed by atoms with E-state index >= 15 is 0 Å². The summed E-state index contributed by atoms with van der Waals surface area (Å²) in [5.74, 6) is 0.606. The number of nitrogens with two attached hydrogens (primary N) is 1. The van der Waals surface area contributed by atoms with Crippen LogP contribution in [0, 0.1) is 0 Å². The molecule has 3 N–H and O–H groups in total. The van der Waals surface area contributed by atoms with Crippen LogP contribution in [-0.2, 0) is 4.79 Å². The van der Waals surface area contributed by atoms with Gasteiger partial charge in [0.25, 0.3) is 5.91 Å².